The quantitative estimate of drug-likeness (QED) is 0.650. The van der Waals surface area contributed by atoms with Gasteiger partial charge in [0.25, 0.3) is 0 Å². The van der Waals surface area contributed by atoms with Crippen molar-refractivity contribution in [3.05, 3.63) is 65.0 Å². The average molecular weight is 372 g/mol. The highest BCUT2D eigenvalue weighted by Gasteiger charge is 2.13. The van der Waals surface area contributed by atoms with Crippen LogP contribution in [0.3, 0.4) is 0 Å². The number of benzene rings is 2. The number of primary amides is 2. The summed E-state index contributed by atoms with van der Waals surface area (Å²) in [5.41, 5.74) is 11.6. The number of nitrogens with zero attached hydrogens (tertiary/aromatic N) is 1. The predicted octanol–water partition coefficient (Wildman–Crippen LogP) is 1.48. The highest BCUT2D eigenvalue weighted by atomic mass is 19.1. The maximum absolute atomic E-state index is 13.3. The summed E-state index contributed by atoms with van der Waals surface area (Å²) in [5, 5.41) is 2.62. The molecule has 142 valence electrons. The van der Waals surface area contributed by atoms with Gasteiger partial charge in [-0.3, -0.25) is 19.3 Å². The summed E-state index contributed by atoms with van der Waals surface area (Å²) < 4.78 is 13.3. The molecule has 8 heteroatoms. The zero-order chi connectivity index (χ0) is 20.0. The molecule has 2 aromatic carbocycles. The predicted molar refractivity (Wildman–Crippen MR) is 99.5 cm³/mol. The highest BCUT2D eigenvalue weighted by Crippen LogP contribution is 2.15. The van der Waals surface area contributed by atoms with E-state index in [0.29, 0.717) is 13.1 Å². The fourth-order valence-electron chi connectivity index (χ4n) is 2.56. The minimum atomic E-state index is -0.741. The van der Waals surface area contributed by atoms with Crippen LogP contribution in [0.15, 0.2) is 42.5 Å². The van der Waals surface area contributed by atoms with Gasteiger partial charge in [0, 0.05) is 23.4 Å². The standard InChI is InChI=1S/C19H21FN4O3/c1-2-24(10-12-4-3-5-15(20)6-12)11-17(25)23-16-8-13(18(21)26)7-14(9-16)19(22)27/h3-9H,2,10-11H2,1H3,(H2,21,26)(H2,22,27)(H,23,25). The third kappa shape index (κ3) is 5.89. The van der Waals surface area contributed by atoms with E-state index >= 15 is 0 Å². The van der Waals surface area contributed by atoms with Gasteiger partial charge in [-0.15, -0.1) is 0 Å². The maximum Gasteiger partial charge on any atom is 0.248 e. The lowest BCUT2D eigenvalue weighted by Gasteiger charge is -2.20. The zero-order valence-corrected chi connectivity index (χ0v) is 14.9. The van der Waals surface area contributed by atoms with Crippen LogP contribution >= 0.6 is 0 Å². The van der Waals surface area contributed by atoms with E-state index in [1.165, 1.54) is 30.3 Å². The van der Waals surface area contributed by atoms with Crippen LogP contribution in [0.2, 0.25) is 0 Å². The summed E-state index contributed by atoms with van der Waals surface area (Å²) in [4.78, 5) is 36.9. The molecule has 0 aliphatic heterocycles. The minimum absolute atomic E-state index is 0.0414. The lowest BCUT2D eigenvalue weighted by Crippen LogP contribution is -2.33. The topological polar surface area (TPSA) is 119 Å². The number of nitrogens with two attached hydrogens (primary N) is 2. The number of halogens is 1. The summed E-state index contributed by atoms with van der Waals surface area (Å²) in [5.74, 6) is -2.18. The molecule has 0 saturated heterocycles. The monoisotopic (exact) mass is 372 g/mol. The van der Waals surface area contributed by atoms with Crippen molar-refractivity contribution >= 4 is 23.4 Å². The molecule has 0 aliphatic rings. The molecule has 27 heavy (non-hydrogen) atoms. The smallest absolute Gasteiger partial charge is 0.248 e. The van der Waals surface area contributed by atoms with E-state index in [2.05, 4.69) is 5.32 Å². The van der Waals surface area contributed by atoms with Crippen LogP contribution in [0, 0.1) is 5.82 Å². The van der Waals surface area contributed by atoms with Crippen LogP contribution in [0.4, 0.5) is 10.1 Å². The Morgan fingerprint density at radius 3 is 2.19 bits per heavy atom. The SMILES string of the molecule is CCN(CC(=O)Nc1cc(C(N)=O)cc(C(N)=O)c1)Cc1cccc(F)c1. The molecule has 0 aliphatic carbocycles. The molecule has 0 unspecified atom stereocenters. The Hall–Kier alpha value is -3.26. The fraction of sp³-hybridized carbons (Fsp3) is 0.211. The molecular formula is C19H21FN4O3. The number of amides is 3. The van der Waals surface area contributed by atoms with Crippen molar-refractivity contribution in [3.8, 4) is 0 Å². The molecule has 2 rings (SSSR count). The van der Waals surface area contributed by atoms with Crippen molar-refractivity contribution in [2.24, 2.45) is 11.5 Å². The van der Waals surface area contributed by atoms with Crippen LogP contribution < -0.4 is 16.8 Å². The molecule has 7 nitrogen and oxygen atoms in total. The Kier molecular flexibility index (Phi) is 6.62. The molecule has 0 aromatic heterocycles. The van der Waals surface area contributed by atoms with Crippen molar-refractivity contribution in [2.75, 3.05) is 18.4 Å². The highest BCUT2D eigenvalue weighted by molar-refractivity contribution is 6.01. The first kappa shape index (κ1) is 20.1. The van der Waals surface area contributed by atoms with Gasteiger partial charge in [-0.05, 0) is 42.4 Å². The van der Waals surface area contributed by atoms with E-state index in [-0.39, 0.29) is 35.1 Å². The summed E-state index contributed by atoms with van der Waals surface area (Å²) >= 11 is 0. The molecule has 0 spiro atoms. The van der Waals surface area contributed by atoms with E-state index in [1.54, 1.807) is 12.1 Å². The number of likely N-dealkylation sites (N-methyl/N-ethyl adjacent to an activating group) is 1. The van der Waals surface area contributed by atoms with Crippen LogP contribution in [0.5, 0.6) is 0 Å². The Morgan fingerprint density at radius 1 is 1.04 bits per heavy atom. The third-order valence-electron chi connectivity index (χ3n) is 3.90. The molecule has 0 heterocycles. The second kappa shape index (κ2) is 8.91. The fourth-order valence-corrected chi connectivity index (χ4v) is 2.56. The van der Waals surface area contributed by atoms with E-state index in [9.17, 15) is 18.8 Å². The van der Waals surface area contributed by atoms with Gasteiger partial charge in [0.1, 0.15) is 5.82 Å². The van der Waals surface area contributed by atoms with Crippen molar-refractivity contribution < 1.29 is 18.8 Å². The van der Waals surface area contributed by atoms with Gasteiger partial charge in [-0.1, -0.05) is 19.1 Å². The zero-order valence-electron chi connectivity index (χ0n) is 14.9. The van der Waals surface area contributed by atoms with Crippen molar-refractivity contribution in [1.29, 1.82) is 0 Å². The van der Waals surface area contributed by atoms with Gasteiger partial charge in [0.05, 0.1) is 6.54 Å². The van der Waals surface area contributed by atoms with E-state index < -0.39 is 11.8 Å². The number of carbonyl (C=O) groups excluding carboxylic acids is 3. The van der Waals surface area contributed by atoms with Gasteiger partial charge in [0.2, 0.25) is 17.7 Å². The first-order valence-electron chi connectivity index (χ1n) is 8.30. The van der Waals surface area contributed by atoms with Gasteiger partial charge in [-0.2, -0.15) is 0 Å². The van der Waals surface area contributed by atoms with Gasteiger partial charge < -0.3 is 16.8 Å². The van der Waals surface area contributed by atoms with Crippen LogP contribution in [-0.2, 0) is 11.3 Å². The number of carbonyl (C=O) groups is 3. The van der Waals surface area contributed by atoms with Crippen molar-refractivity contribution in [2.45, 2.75) is 13.5 Å². The molecular weight excluding hydrogens is 351 g/mol. The van der Waals surface area contributed by atoms with Crippen LogP contribution in [0.25, 0.3) is 0 Å². The van der Waals surface area contributed by atoms with Gasteiger partial charge in [-0.25, -0.2) is 4.39 Å². The van der Waals surface area contributed by atoms with E-state index in [1.807, 2.05) is 11.8 Å². The number of anilines is 1. The van der Waals surface area contributed by atoms with E-state index in [0.717, 1.165) is 5.56 Å². The molecule has 2 aromatic rings. The first-order chi connectivity index (χ1) is 12.8. The number of nitrogens with one attached hydrogen (secondary N) is 1. The Labute approximate surface area is 156 Å². The van der Waals surface area contributed by atoms with Crippen LogP contribution in [0.1, 0.15) is 33.2 Å². The molecule has 0 atom stereocenters. The number of rotatable bonds is 8. The molecule has 0 saturated carbocycles. The summed E-state index contributed by atoms with van der Waals surface area (Å²) in [6, 6.07) is 10.2. The lowest BCUT2D eigenvalue weighted by molar-refractivity contribution is -0.117. The lowest BCUT2D eigenvalue weighted by atomic mass is 10.1. The summed E-state index contributed by atoms with van der Waals surface area (Å²) in [6.45, 7) is 2.89. The van der Waals surface area contributed by atoms with Crippen molar-refractivity contribution in [1.82, 2.24) is 4.90 Å². The van der Waals surface area contributed by atoms with Crippen molar-refractivity contribution in [3.63, 3.8) is 0 Å². The maximum atomic E-state index is 13.3. The average Bonchev–Trinajstić information content (AvgIpc) is 2.60. The number of hydrogen-bond donors (Lipinski definition) is 3. The Bertz CT molecular complexity index is 838. The Balaban J connectivity index is 2.09. The third-order valence-corrected chi connectivity index (χ3v) is 3.90. The minimum Gasteiger partial charge on any atom is -0.366 e. The molecule has 0 fully saturated rings. The van der Waals surface area contributed by atoms with E-state index in [4.69, 9.17) is 11.5 Å². The molecule has 3 amide bonds. The van der Waals surface area contributed by atoms with Gasteiger partial charge >= 0.3 is 0 Å². The second-order valence-electron chi connectivity index (χ2n) is 6.01. The second-order valence-corrected chi connectivity index (χ2v) is 6.01. The summed E-state index contributed by atoms with van der Waals surface area (Å²) in [7, 11) is 0. The molecule has 0 radical (unpaired) electrons. The largest absolute Gasteiger partial charge is 0.366 e. The molecule has 5 N–H and O–H groups in total. The number of hydrogen-bond acceptors (Lipinski definition) is 4. The summed E-state index contributed by atoms with van der Waals surface area (Å²) in [6.07, 6.45) is 0. The van der Waals surface area contributed by atoms with Crippen LogP contribution in [-0.4, -0.2) is 35.7 Å². The first-order valence-corrected chi connectivity index (χ1v) is 8.30. The van der Waals surface area contributed by atoms with Gasteiger partial charge in [0.15, 0.2) is 0 Å². The Morgan fingerprint density at radius 2 is 1.67 bits per heavy atom. The molecule has 0 bridgehead atoms. The normalized spacial score (nSPS) is 10.6.